The number of aliphatic hydroxyl groups is 2. The predicted octanol–water partition coefficient (Wildman–Crippen LogP) is 3.92. The summed E-state index contributed by atoms with van der Waals surface area (Å²) in [4.78, 5) is 26.4. The molecule has 2 bridgehead atoms. The van der Waals surface area contributed by atoms with Gasteiger partial charge in [0.2, 0.25) is 0 Å². The van der Waals surface area contributed by atoms with Gasteiger partial charge in [0.05, 0.1) is 33.8 Å². The van der Waals surface area contributed by atoms with Crippen LogP contribution in [0.3, 0.4) is 0 Å². The Morgan fingerprint density at radius 3 is 1.89 bits per heavy atom. The van der Waals surface area contributed by atoms with E-state index in [1.807, 2.05) is 32.9 Å². The Hall–Kier alpha value is -2.74. The average molecular weight is 495 g/mol. The smallest absolute Gasteiger partial charge is 0.338 e. The lowest BCUT2D eigenvalue weighted by molar-refractivity contribution is -0.325. The van der Waals surface area contributed by atoms with Gasteiger partial charge in [0.15, 0.2) is 0 Å². The highest BCUT2D eigenvalue weighted by molar-refractivity contribution is 5.90. The van der Waals surface area contributed by atoms with Gasteiger partial charge in [-0.2, -0.15) is 0 Å². The summed E-state index contributed by atoms with van der Waals surface area (Å²) < 4.78 is 18.9. The average Bonchev–Trinajstić information content (AvgIpc) is 3.01. The molecule has 1 heterocycles. The first kappa shape index (κ1) is 24.9. The number of benzene rings is 2. The number of aliphatic hydroxyl groups excluding tert-OH is 1. The molecule has 7 unspecified atom stereocenters. The molecule has 2 aromatic rings. The van der Waals surface area contributed by atoms with Gasteiger partial charge in [0, 0.05) is 5.92 Å². The molecule has 1 spiro atoms. The number of ether oxygens (including phenoxy) is 3. The summed E-state index contributed by atoms with van der Waals surface area (Å²) in [6.07, 6.45) is -1.72. The molecule has 2 N–H and O–H groups in total. The Morgan fingerprint density at radius 1 is 0.861 bits per heavy atom. The van der Waals surface area contributed by atoms with E-state index in [1.165, 1.54) is 0 Å². The number of hydrogen-bond acceptors (Lipinski definition) is 7. The Labute approximate surface area is 211 Å². The van der Waals surface area contributed by atoms with Crippen LogP contribution in [0.25, 0.3) is 0 Å². The summed E-state index contributed by atoms with van der Waals surface area (Å²) in [5.74, 6) is -1.42. The summed E-state index contributed by atoms with van der Waals surface area (Å²) in [7, 11) is 0. The molecule has 7 nitrogen and oxygen atoms in total. The van der Waals surface area contributed by atoms with Crippen LogP contribution in [0.5, 0.6) is 0 Å². The fourth-order valence-corrected chi connectivity index (χ4v) is 7.02. The second-order valence-corrected chi connectivity index (χ2v) is 11.3. The van der Waals surface area contributed by atoms with Gasteiger partial charge in [-0.3, -0.25) is 0 Å². The lowest BCUT2D eigenvalue weighted by Crippen LogP contribution is -2.78. The molecule has 7 atom stereocenters. The van der Waals surface area contributed by atoms with E-state index in [2.05, 4.69) is 0 Å². The van der Waals surface area contributed by atoms with Crippen molar-refractivity contribution in [3.8, 4) is 0 Å². The zero-order valence-electron chi connectivity index (χ0n) is 21.1. The molecule has 7 heteroatoms. The van der Waals surface area contributed by atoms with Crippen molar-refractivity contribution < 1.29 is 34.0 Å². The van der Waals surface area contributed by atoms with Gasteiger partial charge in [-0.05, 0) is 71.2 Å². The van der Waals surface area contributed by atoms with Crippen molar-refractivity contribution >= 4 is 11.9 Å². The van der Waals surface area contributed by atoms with E-state index < -0.39 is 58.4 Å². The van der Waals surface area contributed by atoms with Crippen molar-refractivity contribution in [2.24, 2.45) is 11.3 Å². The van der Waals surface area contributed by atoms with Crippen LogP contribution in [0.15, 0.2) is 60.7 Å². The van der Waals surface area contributed by atoms with Crippen molar-refractivity contribution in [2.45, 2.75) is 82.1 Å². The summed E-state index contributed by atoms with van der Waals surface area (Å²) in [6.45, 7) is 7.23. The molecule has 0 amide bonds. The van der Waals surface area contributed by atoms with E-state index in [1.54, 1.807) is 55.5 Å². The van der Waals surface area contributed by atoms with Gasteiger partial charge in [-0.15, -0.1) is 0 Å². The van der Waals surface area contributed by atoms with Crippen molar-refractivity contribution in [2.75, 3.05) is 0 Å². The molecule has 0 aromatic heterocycles. The van der Waals surface area contributed by atoms with Gasteiger partial charge in [0.25, 0.3) is 0 Å². The fourth-order valence-electron chi connectivity index (χ4n) is 7.02. The first-order valence-corrected chi connectivity index (χ1v) is 12.6. The van der Waals surface area contributed by atoms with Gasteiger partial charge in [-0.25, -0.2) is 9.59 Å². The number of esters is 2. The fraction of sp³-hybridized carbons (Fsp3) is 0.517. The maximum atomic E-state index is 13.2. The van der Waals surface area contributed by atoms with Crippen LogP contribution in [0, 0.1) is 11.3 Å². The van der Waals surface area contributed by atoms with Crippen LogP contribution in [0.1, 0.15) is 67.7 Å². The van der Waals surface area contributed by atoms with Crippen LogP contribution in [-0.2, 0) is 14.2 Å². The van der Waals surface area contributed by atoms with Crippen LogP contribution in [-0.4, -0.2) is 57.3 Å². The van der Waals surface area contributed by atoms with Gasteiger partial charge >= 0.3 is 11.9 Å². The largest absolute Gasteiger partial charge is 0.458 e. The molecule has 2 aliphatic carbocycles. The number of hydrogen-bond donors (Lipinski definition) is 2. The summed E-state index contributed by atoms with van der Waals surface area (Å²) in [5.41, 5.74) is -4.22. The van der Waals surface area contributed by atoms with E-state index >= 15 is 0 Å². The molecular weight excluding hydrogens is 460 g/mol. The van der Waals surface area contributed by atoms with E-state index in [-0.39, 0.29) is 6.42 Å². The Balaban J connectivity index is 1.59. The van der Waals surface area contributed by atoms with Gasteiger partial charge in [-0.1, -0.05) is 36.4 Å². The number of fused-ring (bicyclic) bond motifs is 1. The minimum Gasteiger partial charge on any atom is -0.458 e. The number of carbonyl (C=O) groups excluding carboxylic acids is 2. The SMILES string of the molecule is CC1(C)OC23C(O)C1CC(OC(=O)c1ccccc1)C2(C)C(OC(=O)c1ccccc1)CCC3(C)O. The minimum absolute atomic E-state index is 0.245. The minimum atomic E-state index is -1.52. The Morgan fingerprint density at radius 2 is 1.36 bits per heavy atom. The summed E-state index contributed by atoms with van der Waals surface area (Å²) in [5, 5.41) is 23.5. The Bertz CT molecular complexity index is 1140. The van der Waals surface area contributed by atoms with E-state index in [9.17, 15) is 19.8 Å². The third-order valence-electron chi connectivity index (χ3n) is 8.93. The predicted molar refractivity (Wildman–Crippen MR) is 131 cm³/mol. The molecule has 0 radical (unpaired) electrons. The highest BCUT2D eigenvalue weighted by atomic mass is 16.6. The zero-order valence-corrected chi connectivity index (χ0v) is 21.1. The number of rotatable bonds is 4. The highest BCUT2D eigenvalue weighted by Gasteiger charge is 2.81. The quantitative estimate of drug-likeness (QED) is 0.621. The lowest BCUT2D eigenvalue weighted by Gasteiger charge is -2.63. The summed E-state index contributed by atoms with van der Waals surface area (Å²) >= 11 is 0. The zero-order chi connectivity index (χ0) is 25.9. The molecule has 2 saturated carbocycles. The molecular formula is C29H34O7. The van der Waals surface area contributed by atoms with E-state index in [0.717, 1.165) is 0 Å². The van der Waals surface area contributed by atoms with Gasteiger partial charge < -0.3 is 24.4 Å². The highest BCUT2D eigenvalue weighted by Crippen LogP contribution is 2.67. The molecule has 5 rings (SSSR count). The first-order valence-electron chi connectivity index (χ1n) is 12.6. The summed E-state index contributed by atoms with van der Waals surface area (Å²) in [6, 6.07) is 17.4. The molecule has 3 fully saturated rings. The topological polar surface area (TPSA) is 102 Å². The van der Waals surface area contributed by atoms with Crippen molar-refractivity contribution in [3.05, 3.63) is 71.8 Å². The third kappa shape index (κ3) is 3.44. The maximum absolute atomic E-state index is 13.2. The van der Waals surface area contributed by atoms with Gasteiger partial charge in [0.1, 0.15) is 17.8 Å². The van der Waals surface area contributed by atoms with Crippen LogP contribution in [0.2, 0.25) is 0 Å². The van der Waals surface area contributed by atoms with E-state index in [0.29, 0.717) is 24.0 Å². The van der Waals surface area contributed by atoms with Crippen molar-refractivity contribution in [3.63, 3.8) is 0 Å². The molecule has 1 aliphatic heterocycles. The van der Waals surface area contributed by atoms with Crippen LogP contribution < -0.4 is 0 Å². The second-order valence-electron chi connectivity index (χ2n) is 11.3. The molecule has 2 aromatic carbocycles. The van der Waals surface area contributed by atoms with Crippen molar-refractivity contribution in [1.29, 1.82) is 0 Å². The van der Waals surface area contributed by atoms with Crippen LogP contribution in [0.4, 0.5) is 0 Å². The third-order valence-corrected chi connectivity index (χ3v) is 8.93. The number of carbonyl (C=O) groups is 2. The monoisotopic (exact) mass is 494 g/mol. The Kier molecular flexibility index (Phi) is 5.82. The molecule has 36 heavy (non-hydrogen) atoms. The lowest BCUT2D eigenvalue weighted by atomic mass is 9.47. The molecule has 192 valence electrons. The molecule has 3 aliphatic rings. The van der Waals surface area contributed by atoms with Crippen molar-refractivity contribution in [1.82, 2.24) is 0 Å². The maximum Gasteiger partial charge on any atom is 0.338 e. The standard InChI is InChI=1S/C29H34O7/c1-26(2)20-17-22(35-25(32)19-13-9-6-10-14-19)28(4)21(34-24(31)18-11-7-5-8-12-18)15-16-27(3,33)29(28,36-26)23(20)30/h5-14,20-23,30,33H,15-17H2,1-4H3. The van der Waals surface area contributed by atoms with Crippen LogP contribution >= 0.6 is 0 Å². The van der Waals surface area contributed by atoms with E-state index in [4.69, 9.17) is 14.2 Å². The first-order chi connectivity index (χ1) is 16.9. The molecule has 1 saturated heterocycles. The second kappa shape index (κ2) is 8.40. The normalized spacial score (nSPS) is 38.6.